The summed E-state index contributed by atoms with van der Waals surface area (Å²) in [4.78, 5) is 1.14. The molecule has 0 bridgehead atoms. The van der Waals surface area contributed by atoms with E-state index < -0.39 is 0 Å². The van der Waals surface area contributed by atoms with Gasteiger partial charge in [0.15, 0.2) is 0 Å². The first-order chi connectivity index (χ1) is 8.29. The molecule has 0 aliphatic carbocycles. The van der Waals surface area contributed by atoms with Crippen molar-refractivity contribution in [2.45, 2.75) is 10.6 Å². The maximum atomic E-state index is 5.90. The van der Waals surface area contributed by atoms with Crippen LogP contribution in [0.25, 0.3) is 0 Å². The van der Waals surface area contributed by atoms with Crippen molar-refractivity contribution in [3.63, 3.8) is 0 Å². The predicted molar refractivity (Wildman–Crippen MR) is 76.4 cm³/mol. The molecular formula is C14H16N2S. The van der Waals surface area contributed by atoms with E-state index in [9.17, 15) is 0 Å². The minimum Gasteiger partial charge on any atom is -0.398 e. The van der Waals surface area contributed by atoms with Gasteiger partial charge in [0.25, 0.3) is 0 Å². The Hall–Kier alpha value is -1.61. The first kappa shape index (κ1) is 11.9. The highest BCUT2D eigenvalue weighted by atomic mass is 32.2. The molecule has 0 aliphatic heterocycles. The van der Waals surface area contributed by atoms with Crippen LogP contribution >= 0.6 is 11.8 Å². The number of nitrogen functional groups attached to an aromatic ring is 1. The maximum absolute atomic E-state index is 5.90. The fourth-order valence-corrected chi connectivity index (χ4v) is 2.46. The minimum absolute atomic E-state index is 0.851. The molecule has 3 N–H and O–H groups in total. The van der Waals surface area contributed by atoms with Crippen molar-refractivity contribution in [1.29, 1.82) is 0 Å². The Labute approximate surface area is 106 Å². The SMILES string of the molecule is CNc1ccc(CSc2ccccc2N)cc1. The third kappa shape index (κ3) is 3.17. The number of hydrogen-bond acceptors (Lipinski definition) is 3. The lowest BCUT2D eigenvalue weighted by atomic mass is 10.2. The molecule has 0 unspecified atom stereocenters. The summed E-state index contributed by atoms with van der Waals surface area (Å²) in [7, 11) is 1.93. The molecule has 17 heavy (non-hydrogen) atoms. The van der Waals surface area contributed by atoms with Crippen molar-refractivity contribution >= 4 is 23.1 Å². The van der Waals surface area contributed by atoms with Crippen LogP contribution in [0.1, 0.15) is 5.56 Å². The summed E-state index contributed by atoms with van der Waals surface area (Å²) in [6.45, 7) is 0. The van der Waals surface area contributed by atoms with Crippen LogP contribution in [0, 0.1) is 0 Å². The number of rotatable bonds is 4. The molecule has 0 heterocycles. The molecule has 0 fully saturated rings. The summed E-state index contributed by atoms with van der Waals surface area (Å²) in [5, 5.41) is 3.11. The zero-order valence-electron chi connectivity index (χ0n) is 9.81. The van der Waals surface area contributed by atoms with E-state index in [0.717, 1.165) is 22.0 Å². The largest absolute Gasteiger partial charge is 0.398 e. The van der Waals surface area contributed by atoms with Crippen LogP contribution in [0.2, 0.25) is 0 Å². The molecule has 0 atom stereocenters. The Morgan fingerprint density at radius 1 is 1.06 bits per heavy atom. The number of benzene rings is 2. The monoisotopic (exact) mass is 244 g/mol. The zero-order valence-corrected chi connectivity index (χ0v) is 10.6. The van der Waals surface area contributed by atoms with E-state index in [2.05, 4.69) is 35.6 Å². The van der Waals surface area contributed by atoms with E-state index in [-0.39, 0.29) is 0 Å². The predicted octanol–water partition coefficient (Wildman–Crippen LogP) is 3.60. The van der Waals surface area contributed by atoms with Gasteiger partial charge < -0.3 is 11.1 Å². The van der Waals surface area contributed by atoms with Crippen LogP contribution in [-0.2, 0) is 5.75 Å². The topological polar surface area (TPSA) is 38.0 Å². The molecule has 0 amide bonds. The van der Waals surface area contributed by atoms with Crippen molar-refractivity contribution in [1.82, 2.24) is 0 Å². The van der Waals surface area contributed by atoms with Gasteiger partial charge in [-0.3, -0.25) is 0 Å². The third-order valence-electron chi connectivity index (χ3n) is 2.56. The van der Waals surface area contributed by atoms with E-state index in [1.807, 2.05) is 25.2 Å². The Kier molecular flexibility index (Phi) is 3.94. The van der Waals surface area contributed by atoms with Gasteiger partial charge in [-0.25, -0.2) is 0 Å². The number of nitrogens with one attached hydrogen (secondary N) is 1. The molecule has 88 valence electrons. The smallest absolute Gasteiger partial charge is 0.0452 e. The van der Waals surface area contributed by atoms with E-state index >= 15 is 0 Å². The summed E-state index contributed by atoms with van der Waals surface area (Å²) in [5.41, 5.74) is 9.19. The standard InChI is InChI=1S/C14H16N2S/c1-16-12-8-6-11(7-9-12)10-17-14-5-3-2-4-13(14)15/h2-9,16H,10,15H2,1H3. The molecule has 2 aromatic carbocycles. The molecule has 0 saturated heterocycles. The minimum atomic E-state index is 0.851. The van der Waals surface area contributed by atoms with Crippen LogP contribution in [0.4, 0.5) is 11.4 Å². The second-order valence-electron chi connectivity index (χ2n) is 3.77. The fourth-order valence-electron chi connectivity index (χ4n) is 1.54. The van der Waals surface area contributed by atoms with Crippen LogP contribution in [0.5, 0.6) is 0 Å². The molecule has 0 aromatic heterocycles. The van der Waals surface area contributed by atoms with Crippen LogP contribution < -0.4 is 11.1 Å². The Bertz CT molecular complexity index is 480. The summed E-state index contributed by atoms with van der Waals surface area (Å²) in [6, 6.07) is 16.4. The molecule has 2 rings (SSSR count). The quantitative estimate of drug-likeness (QED) is 0.637. The maximum Gasteiger partial charge on any atom is 0.0452 e. The first-order valence-electron chi connectivity index (χ1n) is 5.53. The van der Waals surface area contributed by atoms with E-state index in [1.54, 1.807) is 11.8 Å². The molecule has 0 spiro atoms. The van der Waals surface area contributed by atoms with Gasteiger partial charge in [0.2, 0.25) is 0 Å². The lowest BCUT2D eigenvalue weighted by molar-refractivity contribution is 1.37. The van der Waals surface area contributed by atoms with Gasteiger partial charge in [0, 0.05) is 29.1 Å². The molecule has 2 nitrogen and oxygen atoms in total. The van der Waals surface area contributed by atoms with Gasteiger partial charge in [0.1, 0.15) is 0 Å². The summed E-state index contributed by atoms with van der Waals surface area (Å²) < 4.78 is 0. The number of para-hydroxylation sites is 1. The van der Waals surface area contributed by atoms with Crippen molar-refractivity contribution in [3.8, 4) is 0 Å². The molecule has 0 aliphatic rings. The van der Waals surface area contributed by atoms with Crippen LogP contribution in [0.3, 0.4) is 0 Å². The van der Waals surface area contributed by atoms with Gasteiger partial charge in [-0.05, 0) is 29.8 Å². The highest BCUT2D eigenvalue weighted by Gasteiger charge is 1.99. The average molecular weight is 244 g/mol. The first-order valence-corrected chi connectivity index (χ1v) is 6.52. The van der Waals surface area contributed by atoms with Crippen molar-refractivity contribution < 1.29 is 0 Å². The third-order valence-corrected chi connectivity index (χ3v) is 3.72. The molecule has 0 radical (unpaired) electrons. The Morgan fingerprint density at radius 2 is 1.76 bits per heavy atom. The van der Waals surface area contributed by atoms with Crippen LogP contribution in [0.15, 0.2) is 53.4 Å². The van der Waals surface area contributed by atoms with Crippen molar-refractivity contribution in [3.05, 3.63) is 54.1 Å². The van der Waals surface area contributed by atoms with Gasteiger partial charge in [0.05, 0.1) is 0 Å². The van der Waals surface area contributed by atoms with Gasteiger partial charge in [-0.15, -0.1) is 11.8 Å². The second-order valence-corrected chi connectivity index (χ2v) is 4.79. The van der Waals surface area contributed by atoms with Gasteiger partial charge in [-0.1, -0.05) is 24.3 Å². The summed E-state index contributed by atoms with van der Waals surface area (Å²) in [5.74, 6) is 0.943. The molecular weight excluding hydrogens is 228 g/mol. The number of nitrogens with two attached hydrogens (primary N) is 1. The fraction of sp³-hybridized carbons (Fsp3) is 0.143. The lowest BCUT2D eigenvalue weighted by Crippen LogP contribution is -1.89. The molecule has 0 saturated carbocycles. The molecule has 2 aromatic rings. The van der Waals surface area contributed by atoms with Gasteiger partial charge >= 0.3 is 0 Å². The number of thioether (sulfide) groups is 1. The normalized spacial score (nSPS) is 10.2. The molecule has 3 heteroatoms. The van der Waals surface area contributed by atoms with Crippen molar-refractivity contribution in [2.24, 2.45) is 0 Å². The van der Waals surface area contributed by atoms with Gasteiger partial charge in [-0.2, -0.15) is 0 Å². The summed E-state index contributed by atoms with van der Waals surface area (Å²) in [6.07, 6.45) is 0. The average Bonchev–Trinajstić information content (AvgIpc) is 2.38. The highest BCUT2D eigenvalue weighted by Crippen LogP contribution is 2.27. The van der Waals surface area contributed by atoms with Crippen LogP contribution in [-0.4, -0.2) is 7.05 Å². The number of anilines is 2. The lowest BCUT2D eigenvalue weighted by Gasteiger charge is -2.06. The van der Waals surface area contributed by atoms with Crippen molar-refractivity contribution in [2.75, 3.05) is 18.1 Å². The zero-order chi connectivity index (χ0) is 12.1. The van der Waals surface area contributed by atoms with E-state index in [1.165, 1.54) is 5.56 Å². The van der Waals surface area contributed by atoms with E-state index in [0.29, 0.717) is 0 Å². The Balaban J connectivity index is 2.00. The van der Waals surface area contributed by atoms with E-state index in [4.69, 9.17) is 5.73 Å². The highest BCUT2D eigenvalue weighted by molar-refractivity contribution is 7.98. The number of hydrogen-bond donors (Lipinski definition) is 2. The second kappa shape index (κ2) is 5.64. The Morgan fingerprint density at radius 3 is 2.41 bits per heavy atom. The summed E-state index contributed by atoms with van der Waals surface area (Å²) >= 11 is 1.77.